The number of thioether (sulfide) groups is 1. The van der Waals surface area contributed by atoms with Crippen LogP contribution in [0.2, 0.25) is 0 Å². The lowest BCUT2D eigenvalue weighted by Crippen LogP contribution is -2.38. The number of carbonyl (C=O) groups excluding carboxylic acids is 1. The minimum atomic E-state index is -0.487. The van der Waals surface area contributed by atoms with Crippen molar-refractivity contribution in [3.8, 4) is 0 Å². The van der Waals surface area contributed by atoms with E-state index in [1.54, 1.807) is 24.0 Å². The molecular weight excluding hydrogens is 418 g/mol. The summed E-state index contributed by atoms with van der Waals surface area (Å²) in [5, 5.41) is 7.64. The molecule has 3 rings (SSSR count). The third-order valence-corrected chi connectivity index (χ3v) is 5.68. The molecule has 0 saturated carbocycles. The summed E-state index contributed by atoms with van der Waals surface area (Å²) in [4.78, 5) is 46.9. The molecule has 1 N–H and O–H groups in total. The van der Waals surface area contributed by atoms with Crippen LogP contribution in [0.4, 0.5) is 5.82 Å². The van der Waals surface area contributed by atoms with Crippen molar-refractivity contribution in [2.45, 2.75) is 51.1 Å². The standard InChI is InChI=1S/C20H27N7O3S/c1-11(2)27-12(8-9-21-27)22-13(28)10-31-16-14-15(23-18(24-16)20(3,4)5)25(6)19(30)26(7)17(14)29/h8-9,11H,10H2,1-7H3,(H,22,28). The van der Waals surface area contributed by atoms with Gasteiger partial charge in [0.05, 0.1) is 11.9 Å². The van der Waals surface area contributed by atoms with Gasteiger partial charge < -0.3 is 5.32 Å². The van der Waals surface area contributed by atoms with Gasteiger partial charge in [-0.05, 0) is 13.8 Å². The lowest BCUT2D eigenvalue weighted by Gasteiger charge is -2.19. The Labute approximate surface area is 183 Å². The summed E-state index contributed by atoms with van der Waals surface area (Å²) in [6, 6.07) is 1.83. The predicted molar refractivity (Wildman–Crippen MR) is 121 cm³/mol. The molecule has 0 spiro atoms. The van der Waals surface area contributed by atoms with Crippen LogP contribution in [0, 0.1) is 0 Å². The van der Waals surface area contributed by atoms with Crippen molar-refractivity contribution in [2.24, 2.45) is 14.1 Å². The Balaban J connectivity index is 2.01. The highest BCUT2D eigenvalue weighted by molar-refractivity contribution is 8.00. The SMILES string of the molecule is CC(C)n1nccc1NC(=O)CSc1nc(C(C)(C)C)nc2c1c(=O)n(C)c(=O)n2C. The summed E-state index contributed by atoms with van der Waals surface area (Å²) in [6.45, 7) is 9.78. The monoisotopic (exact) mass is 445 g/mol. The van der Waals surface area contributed by atoms with Crippen molar-refractivity contribution in [3.63, 3.8) is 0 Å². The minimum Gasteiger partial charge on any atom is -0.310 e. The molecule has 0 radical (unpaired) electrons. The number of hydrogen-bond acceptors (Lipinski definition) is 7. The molecule has 0 aromatic carbocycles. The molecule has 0 saturated heterocycles. The van der Waals surface area contributed by atoms with Crippen molar-refractivity contribution in [1.29, 1.82) is 0 Å². The van der Waals surface area contributed by atoms with Gasteiger partial charge in [-0.25, -0.2) is 19.4 Å². The van der Waals surface area contributed by atoms with Gasteiger partial charge in [-0.2, -0.15) is 5.10 Å². The Morgan fingerprint density at radius 2 is 1.84 bits per heavy atom. The molecule has 11 heteroatoms. The topological polar surface area (TPSA) is 117 Å². The maximum absolute atomic E-state index is 12.8. The van der Waals surface area contributed by atoms with E-state index < -0.39 is 16.7 Å². The Kier molecular flexibility index (Phi) is 6.08. The summed E-state index contributed by atoms with van der Waals surface area (Å²) in [7, 11) is 2.98. The van der Waals surface area contributed by atoms with Crippen LogP contribution in [0.1, 0.15) is 46.5 Å². The summed E-state index contributed by atoms with van der Waals surface area (Å²) in [6.07, 6.45) is 1.63. The average molecular weight is 446 g/mol. The number of fused-ring (bicyclic) bond motifs is 1. The molecule has 0 atom stereocenters. The molecule has 0 aliphatic heterocycles. The fraction of sp³-hybridized carbons (Fsp3) is 0.500. The third-order valence-electron chi connectivity index (χ3n) is 4.70. The number of amides is 1. The quantitative estimate of drug-likeness (QED) is 0.470. The summed E-state index contributed by atoms with van der Waals surface area (Å²) >= 11 is 1.14. The molecule has 31 heavy (non-hydrogen) atoms. The lowest BCUT2D eigenvalue weighted by molar-refractivity contribution is -0.113. The highest BCUT2D eigenvalue weighted by Gasteiger charge is 2.24. The van der Waals surface area contributed by atoms with Crippen LogP contribution in [-0.2, 0) is 24.3 Å². The second-order valence-electron chi connectivity index (χ2n) is 8.60. The lowest BCUT2D eigenvalue weighted by atomic mass is 9.96. The van der Waals surface area contributed by atoms with E-state index in [-0.39, 0.29) is 28.7 Å². The van der Waals surface area contributed by atoms with Crippen LogP contribution in [0.3, 0.4) is 0 Å². The third kappa shape index (κ3) is 4.41. The summed E-state index contributed by atoms with van der Waals surface area (Å²) in [5.74, 6) is 0.870. The predicted octanol–water partition coefficient (Wildman–Crippen LogP) is 1.83. The Morgan fingerprint density at radius 3 is 2.45 bits per heavy atom. The number of aromatic nitrogens is 6. The van der Waals surface area contributed by atoms with Gasteiger partial charge in [0.25, 0.3) is 5.56 Å². The minimum absolute atomic E-state index is 0.0327. The molecule has 10 nitrogen and oxygen atoms in total. The van der Waals surface area contributed by atoms with E-state index in [4.69, 9.17) is 0 Å². The number of nitrogens with one attached hydrogen (secondary N) is 1. The second kappa shape index (κ2) is 8.29. The van der Waals surface area contributed by atoms with Crippen molar-refractivity contribution in [2.75, 3.05) is 11.1 Å². The number of carbonyl (C=O) groups is 1. The van der Waals surface area contributed by atoms with Gasteiger partial charge in [0, 0.05) is 31.6 Å². The van der Waals surface area contributed by atoms with Gasteiger partial charge in [0.2, 0.25) is 5.91 Å². The second-order valence-corrected chi connectivity index (χ2v) is 9.56. The van der Waals surface area contributed by atoms with E-state index in [0.29, 0.717) is 16.7 Å². The average Bonchev–Trinajstić information content (AvgIpc) is 3.16. The van der Waals surface area contributed by atoms with Gasteiger partial charge in [-0.3, -0.25) is 18.7 Å². The number of aryl methyl sites for hydroxylation is 1. The van der Waals surface area contributed by atoms with Gasteiger partial charge in [0.15, 0.2) is 5.65 Å². The molecule has 0 unspecified atom stereocenters. The first-order valence-electron chi connectivity index (χ1n) is 9.86. The summed E-state index contributed by atoms with van der Waals surface area (Å²) in [5.41, 5.74) is -1.10. The van der Waals surface area contributed by atoms with Crippen LogP contribution >= 0.6 is 11.8 Å². The molecule has 3 heterocycles. The van der Waals surface area contributed by atoms with E-state index in [2.05, 4.69) is 20.4 Å². The van der Waals surface area contributed by atoms with Gasteiger partial charge in [-0.1, -0.05) is 32.5 Å². The van der Waals surface area contributed by atoms with E-state index >= 15 is 0 Å². The van der Waals surface area contributed by atoms with Gasteiger partial charge in [0.1, 0.15) is 22.1 Å². The van der Waals surface area contributed by atoms with Crippen molar-refractivity contribution >= 4 is 34.5 Å². The largest absolute Gasteiger partial charge is 0.332 e. The van der Waals surface area contributed by atoms with E-state index in [0.717, 1.165) is 16.3 Å². The van der Waals surface area contributed by atoms with Crippen molar-refractivity contribution < 1.29 is 4.79 Å². The van der Waals surface area contributed by atoms with E-state index in [1.165, 1.54) is 11.6 Å². The fourth-order valence-corrected chi connectivity index (χ4v) is 3.82. The van der Waals surface area contributed by atoms with Gasteiger partial charge >= 0.3 is 5.69 Å². The van der Waals surface area contributed by atoms with Crippen LogP contribution in [0.5, 0.6) is 0 Å². The molecule has 0 aliphatic carbocycles. The number of nitrogens with zero attached hydrogens (tertiary/aromatic N) is 6. The summed E-state index contributed by atoms with van der Waals surface area (Å²) < 4.78 is 4.07. The number of rotatable bonds is 5. The highest BCUT2D eigenvalue weighted by Crippen LogP contribution is 2.27. The molecule has 3 aromatic rings. The molecule has 0 bridgehead atoms. The molecule has 166 valence electrons. The Hall–Kier alpha value is -2.95. The maximum atomic E-state index is 12.8. The zero-order valence-corrected chi connectivity index (χ0v) is 19.6. The Bertz CT molecular complexity index is 1260. The van der Waals surface area contributed by atoms with Crippen LogP contribution in [-0.4, -0.2) is 40.5 Å². The number of anilines is 1. The van der Waals surface area contributed by atoms with Crippen molar-refractivity contribution in [3.05, 3.63) is 38.9 Å². The molecular formula is C20H27N7O3S. The first-order valence-corrected chi connectivity index (χ1v) is 10.8. The highest BCUT2D eigenvalue weighted by atomic mass is 32.2. The first kappa shape index (κ1) is 22.7. The molecule has 0 fully saturated rings. The van der Waals surface area contributed by atoms with Crippen LogP contribution < -0.4 is 16.6 Å². The molecule has 3 aromatic heterocycles. The van der Waals surface area contributed by atoms with E-state index in [9.17, 15) is 14.4 Å². The first-order chi connectivity index (χ1) is 14.4. The molecule has 1 amide bonds. The maximum Gasteiger partial charge on any atom is 0.332 e. The normalized spacial score (nSPS) is 12.0. The van der Waals surface area contributed by atoms with Crippen LogP contribution in [0.25, 0.3) is 11.0 Å². The molecule has 0 aliphatic rings. The van der Waals surface area contributed by atoms with E-state index in [1.807, 2.05) is 34.6 Å². The van der Waals surface area contributed by atoms with Crippen molar-refractivity contribution in [1.82, 2.24) is 28.9 Å². The van der Waals surface area contributed by atoms with Gasteiger partial charge in [-0.15, -0.1) is 0 Å². The Morgan fingerprint density at radius 1 is 1.16 bits per heavy atom. The number of hydrogen-bond donors (Lipinski definition) is 1. The smallest absolute Gasteiger partial charge is 0.310 e. The fourth-order valence-electron chi connectivity index (χ4n) is 3.01. The zero-order chi connectivity index (χ0) is 23.1. The van der Waals surface area contributed by atoms with Crippen LogP contribution in [0.15, 0.2) is 26.9 Å². The zero-order valence-electron chi connectivity index (χ0n) is 18.8.